The van der Waals surface area contributed by atoms with E-state index in [0.717, 1.165) is 24.3 Å². The predicted octanol–water partition coefficient (Wildman–Crippen LogP) is 2.74. The maximum atomic E-state index is 9.15. The van der Waals surface area contributed by atoms with Crippen LogP contribution in [0.3, 0.4) is 0 Å². The molecule has 0 unspecified atom stereocenters. The van der Waals surface area contributed by atoms with Crippen LogP contribution >= 0.6 is 0 Å². The van der Waals surface area contributed by atoms with E-state index in [1.807, 2.05) is 12.1 Å². The zero-order valence-corrected chi connectivity index (χ0v) is 11.0. The summed E-state index contributed by atoms with van der Waals surface area (Å²) < 4.78 is 0. The molecule has 4 heteroatoms. The lowest BCUT2D eigenvalue weighted by molar-refractivity contribution is 0.447. The first-order chi connectivity index (χ1) is 9.29. The molecule has 1 aliphatic heterocycles. The Kier molecular flexibility index (Phi) is 3.04. The van der Waals surface area contributed by atoms with Crippen molar-refractivity contribution in [2.75, 3.05) is 18.0 Å². The summed E-state index contributed by atoms with van der Waals surface area (Å²) in [4.78, 5) is 11.1. The van der Waals surface area contributed by atoms with Crippen molar-refractivity contribution in [1.29, 1.82) is 5.26 Å². The van der Waals surface area contributed by atoms with Crippen LogP contribution in [-0.2, 0) is 0 Å². The van der Waals surface area contributed by atoms with E-state index in [0.29, 0.717) is 17.0 Å². The van der Waals surface area contributed by atoms with Gasteiger partial charge in [0, 0.05) is 25.5 Å². The fourth-order valence-electron chi connectivity index (χ4n) is 2.80. The summed E-state index contributed by atoms with van der Waals surface area (Å²) in [6.07, 6.45) is 5.84. The molecule has 0 bridgehead atoms. The SMILES string of the molecule is C[C@H]1CCCN(c2ccc(C#N)c3nccnc23)C1. The van der Waals surface area contributed by atoms with Gasteiger partial charge in [0.1, 0.15) is 17.1 Å². The van der Waals surface area contributed by atoms with Gasteiger partial charge >= 0.3 is 0 Å². The van der Waals surface area contributed by atoms with Crippen LogP contribution in [0, 0.1) is 17.2 Å². The summed E-state index contributed by atoms with van der Waals surface area (Å²) in [6, 6.07) is 6.05. The van der Waals surface area contributed by atoms with Gasteiger partial charge < -0.3 is 4.90 Å². The molecule has 0 spiro atoms. The second kappa shape index (κ2) is 4.85. The second-order valence-electron chi connectivity index (χ2n) is 5.19. The third-order valence-corrected chi connectivity index (χ3v) is 3.72. The summed E-state index contributed by atoms with van der Waals surface area (Å²) in [5.74, 6) is 0.705. The van der Waals surface area contributed by atoms with Crippen molar-refractivity contribution in [3.63, 3.8) is 0 Å². The molecule has 4 nitrogen and oxygen atoms in total. The van der Waals surface area contributed by atoms with Crippen LogP contribution in [0.2, 0.25) is 0 Å². The minimum absolute atomic E-state index is 0.594. The van der Waals surface area contributed by atoms with Crippen molar-refractivity contribution in [3.05, 3.63) is 30.1 Å². The van der Waals surface area contributed by atoms with Gasteiger partial charge in [0.2, 0.25) is 0 Å². The summed E-state index contributed by atoms with van der Waals surface area (Å²) in [5.41, 5.74) is 3.25. The predicted molar refractivity (Wildman–Crippen MR) is 74.9 cm³/mol. The zero-order chi connectivity index (χ0) is 13.2. The Bertz CT molecular complexity index is 644. The van der Waals surface area contributed by atoms with Crippen LogP contribution in [-0.4, -0.2) is 23.1 Å². The van der Waals surface area contributed by atoms with Gasteiger partial charge in [0.25, 0.3) is 0 Å². The van der Waals surface area contributed by atoms with E-state index in [1.165, 1.54) is 12.8 Å². The van der Waals surface area contributed by atoms with E-state index in [9.17, 15) is 0 Å². The van der Waals surface area contributed by atoms with Gasteiger partial charge in [-0.3, -0.25) is 9.97 Å². The minimum Gasteiger partial charge on any atom is -0.369 e. The molecule has 1 fully saturated rings. The Morgan fingerprint density at radius 1 is 1.26 bits per heavy atom. The molecule has 1 saturated heterocycles. The quantitative estimate of drug-likeness (QED) is 0.783. The summed E-state index contributed by atoms with van der Waals surface area (Å²) in [7, 11) is 0. The first kappa shape index (κ1) is 11.9. The first-order valence-corrected chi connectivity index (χ1v) is 6.68. The van der Waals surface area contributed by atoms with Gasteiger partial charge in [-0.1, -0.05) is 6.92 Å². The molecule has 1 aromatic carbocycles. The van der Waals surface area contributed by atoms with Crippen LogP contribution in [0.1, 0.15) is 25.3 Å². The lowest BCUT2D eigenvalue weighted by Gasteiger charge is -2.33. The van der Waals surface area contributed by atoms with Gasteiger partial charge in [-0.2, -0.15) is 5.26 Å². The van der Waals surface area contributed by atoms with Crippen LogP contribution in [0.15, 0.2) is 24.5 Å². The van der Waals surface area contributed by atoms with E-state index in [-0.39, 0.29) is 0 Å². The molecule has 1 atom stereocenters. The minimum atomic E-state index is 0.594. The molecule has 96 valence electrons. The number of piperidine rings is 1. The number of aromatic nitrogens is 2. The van der Waals surface area contributed by atoms with Crippen molar-refractivity contribution in [3.8, 4) is 6.07 Å². The molecule has 0 aliphatic carbocycles. The van der Waals surface area contributed by atoms with E-state index in [2.05, 4.69) is 27.9 Å². The molecule has 2 heterocycles. The highest BCUT2D eigenvalue weighted by Gasteiger charge is 2.19. The Labute approximate surface area is 112 Å². The van der Waals surface area contributed by atoms with Crippen LogP contribution in [0.5, 0.6) is 0 Å². The topological polar surface area (TPSA) is 52.8 Å². The van der Waals surface area contributed by atoms with Gasteiger partial charge in [0.15, 0.2) is 0 Å². The van der Waals surface area contributed by atoms with Gasteiger partial charge in [-0.15, -0.1) is 0 Å². The van der Waals surface area contributed by atoms with Crippen molar-refractivity contribution in [1.82, 2.24) is 9.97 Å². The largest absolute Gasteiger partial charge is 0.369 e. The molecule has 1 aromatic heterocycles. The fraction of sp³-hybridized carbons (Fsp3) is 0.400. The third-order valence-electron chi connectivity index (χ3n) is 3.72. The number of hydrogen-bond acceptors (Lipinski definition) is 4. The Morgan fingerprint density at radius 3 is 2.79 bits per heavy atom. The van der Waals surface area contributed by atoms with Gasteiger partial charge in [0.05, 0.1) is 11.3 Å². The third kappa shape index (κ3) is 2.12. The smallest absolute Gasteiger partial charge is 0.113 e. The number of hydrogen-bond donors (Lipinski definition) is 0. The van der Waals surface area contributed by atoms with Crippen LogP contribution in [0.4, 0.5) is 5.69 Å². The molecular weight excluding hydrogens is 236 g/mol. The molecule has 2 aromatic rings. The van der Waals surface area contributed by atoms with Gasteiger partial charge in [-0.25, -0.2) is 0 Å². The summed E-state index contributed by atoms with van der Waals surface area (Å²) in [6.45, 7) is 4.39. The number of nitrogens with zero attached hydrogens (tertiary/aromatic N) is 4. The highest BCUT2D eigenvalue weighted by atomic mass is 15.1. The fourth-order valence-corrected chi connectivity index (χ4v) is 2.80. The Balaban J connectivity index is 2.12. The average Bonchev–Trinajstić information content (AvgIpc) is 2.46. The van der Waals surface area contributed by atoms with Crippen molar-refractivity contribution in [2.45, 2.75) is 19.8 Å². The lowest BCUT2D eigenvalue weighted by Crippen LogP contribution is -2.34. The van der Waals surface area contributed by atoms with Gasteiger partial charge in [-0.05, 0) is 30.9 Å². The molecule has 0 N–H and O–H groups in total. The monoisotopic (exact) mass is 252 g/mol. The van der Waals surface area contributed by atoms with Crippen molar-refractivity contribution < 1.29 is 0 Å². The number of anilines is 1. The summed E-state index contributed by atoms with van der Waals surface area (Å²) >= 11 is 0. The molecule has 0 saturated carbocycles. The number of fused-ring (bicyclic) bond motifs is 1. The zero-order valence-electron chi connectivity index (χ0n) is 11.0. The van der Waals surface area contributed by atoms with E-state index in [4.69, 9.17) is 5.26 Å². The summed E-state index contributed by atoms with van der Waals surface area (Å²) in [5, 5.41) is 9.15. The number of benzene rings is 1. The van der Waals surface area contributed by atoms with E-state index in [1.54, 1.807) is 12.4 Å². The molecule has 3 rings (SSSR count). The first-order valence-electron chi connectivity index (χ1n) is 6.68. The second-order valence-corrected chi connectivity index (χ2v) is 5.19. The normalized spacial score (nSPS) is 19.4. The van der Waals surface area contributed by atoms with Crippen LogP contribution < -0.4 is 4.90 Å². The molecule has 0 radical (unpaired) electrons. The maximum absolute atomic E-state index is 9.15. The standard InChI is InChI=1S/C15H16N4/c1-11-3-2-8-19(10-11)13-5-4-12(9-16)14-15(13)18-7-6-17-14/h4-7,11H,2-3,8,10H2,1H3/t11-/m0/s1. The molecular formula is C15H16N4. The lowest BCUT2D eigenvalue weighted by atomic mass is 9.99. The molecule has 19 heavy (non-hydrogen) atoms. The van der Waals surface area contributed by atoms with Crippen molar-refractivity contribution >= 4 is 16.7 Å². The highest BCUT2D eigenvalue weighted by Crippen LogP contribution is 2.29. The van der Waals surface area contributed by atoms with Crippen molar-refractivity contribution in [2.24, 2.45) is 5.92 Å². The highest BCUT2D eigenvalue weighted by molar-refractivity contribution is 5.91. The molecule has 0 amide bonds. The molecule has 1 aliphatic rings. The average molecular weight is 252 g/mol. The Morgan fingerprint density at radius 2 is 2.05 bits per heavy atom. The van der Waals surface area contributed by atoms with E-state index >= 15 is 0 Å². The maximum Gasteiger partial charge on any atom is 0.113 e. The Hall–Kier alpha value is -2.15. The van der Waals surface area contributed by atoms with Crippen LogP contribution in [0.25, 0.3) is 11.0 Å². The number of rotatable bonds is 1. The van der Waals surface area contributed by atoms with E-state index < -0.39 is 0 Å². The number of nitriles is 1.